The number of piperidine rings is 1. The van der Waals surface area contributed by atoms with E-state index in [0.29, 0.717) is 12.0 Å². The van der Waals surface area contributed by atoms with Gasteiger partial charge in [0.15, 0.2) is 11.5 Å². The minimum absolute atomic E-state index is 0.570. The highest BCUT2D eigenvalue weighted by molar-refractivity contribution is 5.43. The predicted molar refractivity (Wildman–Crippen MR) is 88.6 cm³/mol. The molecule has 0 atom stereocenters. The molecule has 22 heavy (non-hydrogen) atoms. The zero-order chi connectivity index (χ0) is 15.4. The molecule has 0 radical (unpaired) electrons. The Bertz CT molecular complexity index is 498. The molecule has 2 aliphatic heterocycles. The smallest absolute Gasteiger partial charge is 0.161 e. The van der Waals surface area contributed by atoms with Crippen LogP contribution < -0.4 is 14.8 Å². The maximum absolute atomic E-state index is 5.69. The van der Waals surface area contributed by atoms with Gasteiger partial charge in [0.25, 0.3) is 0 Å². The number of hydrogen-bond donors (Lipinski definition) is 1. The first-order valence-corrected chi connectivity index (χ1v) is 8.47. The molecule has 2 aliphatic rings. The SMILES string of the molecule is CCOc1cc(CN2CCC3(CCNCC3)C2)ccc1OC. The summed E-state index contributed by atoms with van der Waals surface area (Å²) >= 11 is 0. The molecule has 0 aliphatic carbocycles. The third-order valence-electron chi connectivity index (χ3n) is 5.12. The number of methoxy groups -OCH3 is 1. The number of nitrogens with one attached hydrogen (secondary N) is 1. The van der Waals surface area contributed by atoms with Gasteiger partial charge >= 0.3 is 0 Å². The molecule has 0 aromatic heterocycles. The summed E-state index contributed by atoms with van der Waals surface area (Å²) in [5, 5.41) is 3.49. The number of nitrogens with zero attached hydrogens (tertiary/aromatic N) is 1. The summed E-state index contributed by atoms with van der Waals surface area (Å²) < 4.78 is 11.1. The Hall–Kier alpha value is -1.26. The van der Waals surface area contributed by atoms with Crippen LogP contribution in [0.25, 0.3) is 0 Å². The highest BCUT2D eigenvalue weighted by atomic mass is 16.5. The van der Waals surface area contributed by atoms with Crippen LogP contribution in [0.4, 0.5) is 0 Å². The number of likely N-dealkylation sites (tertiary alicyclic amines) is 1. The summed E-state index contributed by atoms with van der Waals surface area (Å²) in [6.07, 6.45) is 4.01. The van der Waals surface area contributed by atoms with E-state index in [0.717, 1.165) is 18.0 Å². The third kappa shape index (κ3) is 3.39. The fourth-order valence-corrected chi connectivity index (χ4v) is 3.87. The first-order valence-electron chi connectivity index (χ1n) is 8.47. The quantitative estimate of drug-likeness (QED) is 0.907. The molecule has 4 heteroatoms. The van der Waals surface area contributed by atoms with Gasteiger partial charge in [-0.1, -0.05) is 6.07 Å². The van der Waals surface area contributed by atoms with Crippen LogP contribution in [0.1, 0.15) is 31.7 Å². The molecule has 0 amide bonds. The van der Waals surface area contributed by atoms with Crippen LogP contribution in [0.5, 0.6) is 11.5 Å². The summed E-state index contributed by atoms with van der Waals surface area (Å²) in [4.78, 5) is 2.60. The van der Waals surface area contributed by atoms with Gasteiger partial charge in [-0.15, -0.1) is 0 Å². The fraction of sp³-hybridized carbons (Fsp3) is 0.667. The summed E-state index contributed by atoms with van der Waals surface area (Å²) in [7, 11) is 1.69. The van der Waals surface area contributed by atoms with E-state index >= 15 is 0 Å². The molecule has 1 aromatic rings. The molecule has 0 unspecified atom stereocenters. The Kier molecular flexibility index (Phi) is 4.89. The van der Waals surface area contributed by atoms with Crippen molar-refractivity contribution in [1.82, 2.24) is 10.2 Å². The van der Waals surface area contributed by atoms with Crippen molar-refractivity contribution >= 4 is 0 Å². The van der Waals surface area contributed by atoms with Crippen molar-refractivity contribution < 1.29 is 9.47 Å². The lowest BCUT2D eigenvalue weighted by Gasteiger charge is -2.34. The van der Waals surface area contributed by atoms with E-state index in [1.165, 1.54) is 51.0 Å². The maximum atomic E-state index is 5.69. The summed E-state index contributed by atoms with van der Waals surface area (Å²) in [6, 6.07) is 6.32. The lowest BCUT2D eigenvalue weighted by Crippen LogP contribution is -2.38. The molecular weight excluding hydrogens is 276 g/mol. The van der Waals surface area contributed by atoms with Crippen molar-refractivity contribution in [2.45, 2.75) is 32.7 Å². The van der Waals surface area contributed by atoms with Gasteiger partial charge in [-0.05, 0) is 68.9 Å². The van der Waals surface area contributed by atoms with Gasteiger partial charge in [-0.2, -0.15) is 0 Å². The van der Waals surface area contributed by atoms with E-state index < -0.39 is 0 Å². The van der Waals surface area contributed by atoms with Crippen molar-refractivity contribution in [2.75, 3.05) is 39.9 Å². The van der Waals surface area contributed by atoms with Gasteiger partial charge in [0.05, 0.1) is 13.7 Å². The van der Waals surface area contributed by atoms with Crippen molar-refractivity contribution in [2.24, 2.45) is 5.41 Å². The second-order valence-corrected chi connectivity index (χ2v) is 6.63. The molecule has 1 aromatic carbocycles. The molecule has 1 spiro atoms. The Morgan fingerprint density at radius 1 is 1.18 bits per heavy atom. The molecular formula is C18H28N2O2. The lowest BCUT2D eigenvalue weighted by molar-refractivity contribution is 0.194. The molecule has 2 saturated heterocycles. The standard InChI is InChI=1S/C18H28N2O2/c1-3-22-17-12-15(4-5-16(17)21-2)13-20-11-8-18(14-20)6-9-19-10-7-18/h4-5,12,19H,3,6-11,13-14H2,1-2H3. The van der Waals surface area contributed by atoms with E-state index in [9.17, 15) is 0 Å². The van der Waals surface area contributed by atoms with Gasteiger partial charge in [0, 0.05) is 13.1 Å². The molecule has 4 nitrogen and oxygen atoms in total. The minimum Gasteiger partial charge on any atom is -0.493 e. The van der Waals surface area contributed by atoms with Gasteiger partial charge in [-0.3, -0.25) is 4.90 Å². The van der Waals surface area contributed by atoms with E-state index in [1.54, 1.807) is 7.11 Å². The molecule has 0 bridgehead atoms. The molecule has 122 valence electrons. The van der Waals surface area contributed by atoms with Gasteiger partial charge in [0.1, 0.15) is 0 Å². The largest absolute Gasteiger partial charge is 0.493 e. The number of ether oxygens (including phenoxy) is 2. The highest BCUT2D eigenvalue weighted by Gasteiger charge is 2.38. The second-order valence-electron chi connectivity index (χ2n) is 6.63. The van der Waals surface area contributed by atoms with Crippen LogP contribution in [0, 0.1) is 5.41 Å². The number of rotatable bonds is 5. The number of benzene rings is 1. The summed E-state index contributed by atoms with van der Waals surface area (Å²) in [5.74, 6) is 1.68. The van der Waals surface area contributed by atoms with Crippen molar-refractivity contribution in [3.63, 3.8) is 0 Å². The average molecular weight is 304 g/mol. The average Bonchev–Trinajstić information content (AvgIpc) is 2.91. The fourth-order valence-electron chi connectivity index (χ4n) is 3.87. The normalized spacial score (nSPS) is 21.2. The van der Waals surface area contributed by atoms with E-state index in [4.69, 9.17) is 9.47 Å². The molecule has 2 fully saturated rings. The van der Waals surface area contributed by atoms with Crippen molar-refractivity contribution in [3.8, 4) is 11.5 Å². The van der Waals surface area contributed by atoms with Gasteiger partial charge in [-0.25, -0.2) is 0 Å². The maximum Gasteiger partial charge on any atom is 0.161 e. The van der Waals surface area contributed by atoms with E-state index in [1.807, 2.05) is 13.0 Å². The topological polar surface area (TPSA) is 33.7 Å². The van der Waals surface area contributed by atoms with Crippen LogP contribution in [0.3, 0.4) is 0 Å². The minimum atomic E-state index is 0.570. The monoisotopic (exact) mass is 304 g/mol. The summed E-state index contributed by atoms with van der Waals surface area (Å²) in [6.45, 7) is 8.52. The first kappa shape index (κ1) is 15.6. The van der Waals surface area contributed by atoms with Crippen LogP contribution >= 0.6 is 0 Å². The van der Waals surface area contributed by atoms with Crippen molar-refractivity contribution in [1.29, 1.82) is 0 Å². The highest BCUT2D eigenvalue weighted by Crippen LogP contribution is 2.39. The van der Waals surface area contributed by atoms with Gasteiger partial charge < -0.3 is 14.8 Å². The number of hydrogen-bond acceptors (Lipinski definition) is 4. The lowest BCUT2D eigenvalue weighted by atomic mass is 9.78. The zero-order valence-electron chi connectivity index (χ0n) is 13.9. The van der Waals surface area contributed by atoms with Crippen LogP contribution in [0.2, 0.25) is 0 Å². The predicted octanol–water partition coefficient (Wildman–Crippen LogP) is 2.67. The second kappa shape index (κ2) is 6.88. The van der Waals surface area contributed by atoms with E-state index in [2.05, 4.69) is 22.3 Å². The Morgan fingerprint density at radius 3 is 2.73 bits per heavy atom. The van der Waals surface area contributed by atoms with Crippen LogP contribution in [-0.4, -0.2) is 44.8 Å². The van der Waals surface area contributed by atoms with E-state index in [-0.39, 0.29) is 0 Å². The van der Waals surface area contributed by atoms with Crippen LogP contribution in [0.15, 0.2) is 18.2 Å². The molecule has 3 rings (SSSR count). The zero-order valence-corrected chi connectivity index (χ0v) is 13.9. The molecule has 0 saturated carbocycles. The third-order valence-corrected chi connectivity index (χ3v) is 5.12. The molecule has 1 N–H and O–H groups in total. The Morgan fingerprint density at radius 2 is 2.00 bits per heavy atom. The van der Waals surface area contributed by atoms with Crippen LogP contribution in [-0.2, 0) is 6.54 Å². The van der Waals surface area contributed by atoms with Gasteiger partial charge in [0.2, 0.25) is 0 Å². The molecule has 2 heterocycles. The Balaban J connectivity index is 1.65. The van der Waals surface area contributed by atoms with Crippen molar-refractivity contribution in [3.05, 3.63) is 23.8 Å². The summed E-state index contributed by atoms with van der Waals surface area (Å²) in [5.41, 5.74) is 1.88. The first-order chi connectivity index (χ1) is 10.7. The Labute approximate surface area is 133 Å².